The molecule has 23 heavy (non-hydrogen) atoms. The van der Waals surface area contributed by atoms with Gasteiger partial charge >= 0.3 is 0 Å². The molecule has 1 aromatic carbocycles. The number of nitrogens with one attached hydrogen (secondary N) is 1. The highest BCUT2D eigenvalue weighted by molar-refractivity contribution is 6.35. The second-order valence-electron chi connectivity index (χ2n) is 6.43. The predicted molar refractivity (Wildman–Crippen MR) is 94.9 cm³/mol. The third-order valence-electron chi connectivity index (χ3n) is 3.48. The van der Waals surface area contributed by atoms with Gasteiger partial charge in [-0.3, -0.25) is 9.59 Å². The van der Waals surface area contributed by atoms with Crippen LogP contribution in [0.25, 0.3) is 0 Å². The summed E-state index contributed by atoms with van der Waals surface area (Å²) in [7, 11) is 0. The second kappa shape index (κ2) is 8.55. The zero-order valence-corrected chi connectivity index (χ0v) is 15.6. The minimum Gasteiger partial charge on any atom is -0.356 e. The molecule has 0 unspecified atom stereocenters. The zero-order chi connectivity index (χ0) is 17.6. The van der Waals surface area contributed by atoms with Gasteiger partial charge in [-0.15, -0.1) is 0 Å². The van der Waals surface area contributed by atoms with Gasteiger partial charge in [-0.25, -0.2) is 0 Å². The van der Waals surface area contributed by atoms with Gasteiger partial charge in [0.25, 0.3) is 0 Å². The smallest absolute Gasteiger partial charge is 0.221 e. The largest absolute Gasteiger partial charge is 0.356 e. The summed E-state index contributed by atoms with van der Waals surface area (Å²) < 4.78 is 0. The second-order valence-corrected chi connectivity index (χ2v) is 7.27. The number of carbonyl (C=O) groups is 2. The molecule has 0 heterocycles. The van der Waals surface area contributed by atoms with Crippen molar-refractivity contribution in [3.8, 4) is 0 Å². The van der Waals surface area contributed by atoms with Crippen LogP contribution < -0.4 is 5.32 Å². The van der Waals surface area contributed by atoms with E-state index in [4.69, 9.17) is 23.2 Å². The number of amides is 2. The summed E-state index contributed by atoms with van der Waals surface area (Å²) >= 11 is 11.9. The first-order valence-corrected chi connectivity index (χ1v) is 8.35. The normalized spacial score (nSPS) is 11.2. The Hall–Kier alpha value is -1.26. The van der Waals surface area contributed by atoms with Crippen molar-refractivity contribution < 1.29 is 9.59 Å². The molecule has 0 bridgehead atoms. The van der Waals surface area contributed by atoms with Crippen molar-refractivity contribution in [1.82, 2.24) is 10.2 Å². The number of nitrogens with zero attached hydrogens (tertiary/aromatic N) is 1. The van der Waals surface area contributed by atoms with Crippen molar-refractivity contribution in [1.29, 1.82) is 0 Å². The fraction of sp³-hybridized carbons (Fsp3) is 0.529. The lowest BCUT2D eigenvalue weighted by Gasteiger charge is -2.34. The lowest BCUT2D eigenvalue weighted by molar-refractivity contribution is -0.134. The highest BCUT2D eigenvalue weighted by Crippen LogP contribution is 2.21. The summed E-state index contributed by atoms with van der Waals surface area (Å²) in [5, 5.41) is 4.04. The fourth-order valence-electron chi connectivity index (χ4n) is 2.33. The summed E-state index contributed by atoms with van der Waals surface area (Å²) in [5.41, 5.74) is 0.652. The lowest BCUT2D eigenvalue weighted by atomic mass is 10.1. The van der Waals surface area contributed by atoms with Crippen LogP contribution in [0, 0.1) is 0 Å². The Morgan fingerprint density at radius 3 is 2.39 bits per heavy atom. The van der Waals surface area contributed by atoms with Crippen LogP contribution in [0.15, 0.2) is 18.2 Å². The molecule has 2 amide bonds. The van der Waals surface area contributed by atoms with Gasteiger partial charge in [0.2, 0.25) is 11.8 Å². The molecule has 0 saturated heterocycles. The molecule has 0 aliphatic carbocycles. The van der Waals surface area contributed by atoms with Crippen molar-refractivity contribution in [2.45, 2.75) is 46.1 Å². The lowest BCUT2D eigenvalue weighted by Crippen LogP contribution is -2.46. The molecule has 1 rings (SSSR count). The Bertz CT molecular complexity index is 568. The van der Waals surface area contributed by atoms with E-state index < -0.39 is 0 Å². The highest BCUT2D eigenvalue weighted by Gasteiger charge is 2.23. The first kappa shape index (κ1) is 19.8. The van der Waals surface area contributed by atoms with E-state index in [1.807, 2.05) is 26.8 Å². The van der Waals surface area contributed by atoms with Crippen molar-refractivity contribution >= 4 is 35.0 Å². The Morgan fingerprint density at radius 2 is 1.87 bits per heavy atom. The maximum Gasteiger partial charge on any atom is 0.221 e. The Balaban J connectivity index is 2.41. The van der Waals surface area contributed by atoms with Gasteiger partial charge in [0.1, 0.15) is 0 Å². The molecule has 0 saturated carbocycles. The number of hydrogen-bond donors (Lipinski definition) is 1. The van der Waals surface area contributed by atoms with Gasteiger partial charge in [0.15, 0.2) is 0 Å². The van der Waals surface area contributed by atoms with Crippen LogP contribution >= 0.6 is 23.2 Å². The highest BCUT2D eigenvalue weighted by atomic mass is 35.5. The molecule has 1 aromatic rings. The fourth-order valence-corrected chi connectivity index (χ4v) is 2.83. The molecule has 0 aromatic heterocycles. The van der Waals surface area contributed by atoms with Gasteiger partial charge < -0.3 is 10.2 Å². The molecule has 6 heteroatoms. The van der Waals surface area contributed by atoms with Gasteiger partial charge in [0.05, 0.1) is 0 Å². The van der Waals surface area contributed by atoms with E-state index >= 15 is 0 Å². The summed E-state index contributed by atoms with van der Waals surface area (Å²) in [6, 6.07) is 5.32. The van der Waals surface area contributed by atoms with Crippen LogP contribution in [0.3, 0.4) is 0 Å². The van der Waals surface area contributed by atoms with E-state index in [-0.39, 0.29) is 23.8 Å². The van der Waals surface area contributed by atoms with E-state index in [0.717, 1.165) is 5.56 Å². The number of halogens is 2. The number of hydrogen-bond acceptors (Lipinski definition) is 2. The van der Waals surface area contributed by atoms with Crippen LogP contribution in [0.4, 0.5) is 0 Å². The Kier molecular flexibility index (Phi) is 7.36. The van der Waals surface area contributed by atoms with Crippen LogP contribution in [-0.2, 0) is 16.0 Å². The zero-order valence-electron chi connectivity index (χ0n) is 14.1. The quantitative estimate of drug-likeness (QED) is 0.842. The van der Waals surface area contributed by atoms with Crippen LogP contribution in [0.2, 0.25) is 10.0 Å². The summed E-state index contributed by atoms with van der Waals surface area (Å²) in [5.74, 6) is -0.108. The van der Waals surface area contributed by atoms with E-state index in [2.05, 4.69) is 5.32 Å². The van der Waals surface area contributed by atoms with Gasteiger partial charge in [-0.2, -0.15) is 0 Å². The number of carbonyl (C=O) groups excluding carboxylic acids is 2. The van der Waals surface area contributed by atoms with E-state index in [9.17, 15) is 9.59 Å². The Morgan fingerprint density at radius 1 is 1.22 bits per heavy atom. The standard InChI is InChI=1S/C17H24Cl2N2O2/c1-12(22)21(17(2,3)4)10-8-16(23)20-9-7-13-5-6-14(18)11-15(13)19/h5-6,11H,7-10H2,1-4H3,(H,20,23). The summed E-state index contributed by atoms with van der Waals surface area (Å²) in [4.78, 5) is 25.3. The minimum atomic E-state index is -0.289. The third kappa shape index (κ3) is 6.80. The average Bonchev–Trinajstić information content (AvgIpc) is 2.39. The topological polar surface area (TPSA) is 49.4 Å². The first-order valence-electron chi connectivity index (χ1n) is 7.60. The van der Waals surface area contributed by atoms with Crippen molar-refractivity contribution in [2.24, 2.45) is 0 Å². The van der Waals surface area contributed by atoms with Crippen LogP contribution in [0.1, 0.15) is 39.7 Å². The molecule has 0 fully saturated rings. The number of rotatable bonds is 6. The predicted octanol–water partition coefficient (Wildman–Crippen LogP) is 3.69. The third-order valence-corrected chi connectivity index (χ3v) is 4.07. The average molecular weight is 359 g/mol. The molecule has 0 aliphatic rings. The minimum absolute atomic E-state index is 0.0294. The van der Waals surface area contributed by atoms with Crippen LogP contribution in [0.5, 0.6) is 0 Å². The SMILES string of the molecule is CC(=O)N(CCC(=O)NCCc1ccc(Cl)cc1Cl)C(C)(C)C. The van der Waals surface area contributed by atoms with E-state index in [0.29, 0.717) is 29.6 Å². The molecule has 1 N–H and O–H groups in total. The summed E-state index contributed by atoms with van der Waals surface area (Å²) in [6.45, 7) is 8.28. The van der Waals surface area contributed by atoms with Gasteiger partial charge in [0, 0.05) is 42.0 Å². The van der Waals surface area contributed by atoms with Gasteiger partial charge in [-0.1, -0.05) is 29.3 Å². The maximum absolute atomic E-state index is 11.9. The van der Waals surface area contributed by atoms with Crippen molar-refractivity contribution in [3.63, 3.8) is 0 Å². The monoisotopic (exact) mass is 358 g/mol. The molecule has 128 valence electrons. The molecule has 0 spiro atoms. The van der Waals surface area contributed by atoms with E-state index in [1.54, 1.807) is 17.0 Å². The molecule has 0 radical (unpaired) electrons. The molecule has 0 atom stereocenters. The molecular formula is C17H24Cl2N2O2. The van der Waals surface area contributed by atoms with Crippen molar-refractivity contribution in [3.05, 3.63) is 33.8 Å². The van der Waals surface area contributed by atoms with Crippen molar-refractivity contribution in [2.75, 3.05) is 13.1 Å². The Labute approximate surface area is 148 Å². The number of benzene rings is 1. The molecular weight excluding hydrogens is 335 g/mol. The van der Waals surface area contributed by atoms with Gasteiger partial charge in [-0.05, 0) is 44.9 Å². The summed E-state index contributed by atoms with van der Waals surface area (Å²) in [6.07, 6.45) is 0.919. The molecule has 0 aliphatic heterocycles. The maximum atomic E-state index is 11.9. The van der Waals surface area contributed by atoms with E-state index in [1.165, 1.54) is 6.92 Å². The molecule has 4 nitrogen and oxygen atoms in total. The van der Waals surface area contributed by atoms with Crippen LogP contribution in [-0.4, -0.2) is 35.3 Å². The first-order chi connectivity index (χ1) is 10.6.